The Bertz CT molecular complexity index is 479. The molecule has 0 spiro atoms. The summed E-state index contributed by atoms with van der Waals surface area (Å²) in [4.78, 5) is 14.2. The van der Waals surface area contributed by atoms with E-state index in [1.54, 1.807) is 7.11 Å². The predicted octanol–water partition coefficient (Wildman–Crippen LogP) is 1.60. The zero-order chi connectivity index (χ0) is 14.1. The van der Waals surface area contributed by atoms with Crippen LogP contribution in [-0.4, -0.2) is 54.2 Å². The molecule has 20 heavy (non-hydrogen) atoms. The van der Waals surface area contributed by atoms with Gasteiger partial charge in [0, 0.05) is 37.5 Å². The van der Waals surface area contributed by atoms with Crippen LogP contribution in [-0.2, 0) is 11.3 Å². The van der Waals surface area contributed by atoms with Gasteiger partial charge < -0.3 is 14.5 Å². The standard InChI is InChI=1S/C15H24N4O/c1-11-8-15(17-14(16-11)10-20-3)19-12-4-5-13(19)9-18(2)7-6-12/h8,12-13H,4-7,9-10H2,1-3H3/t12?,13-/m1/s1. The number of ether oxygens (including phenoxy) is 1. The quantitative estimate of drug-likeness (QED) is 0.839. The fraction of sp³-hybridized carbons (Fsp3) is 0.733. The summed E-state index contributed by atoms with van der Waals surface area (Å²) < 4.78 is 5.18. The van der Waals surface area contributed by atoms with Gasteiger partial charge in [-0.25, -0.2) is 9.97 Å². The summed E-state index contributed by atoms with van der Waals surface area (Å²) in [5.74, 6) is 1.88. The predicted molar refractivity (Wildman–Crippen MR) is 78.9 cm³/mol. The van der Waals surface area contributed by atoms with E-state index in [0.29, 0.717) is 18.7 Å². The largest absolute Gasteiger partial charge is 0.377 e. The number of likely N-dealkylation sites (tertiary alicyclic amines) is 1. The lowest BCUT2D eigenvalue weighted by atomic mass is 10.1. The number of anilines is 1. The highest BCUT2D eigenvalue weighted by Gasteiger charge is 2.37. The average Bonchev–Trinajstić information content (AvgIpc) is 2.69. The molecule has 1 aromatic rings. The van der Waals surface area contributed by atoms with Gasteiger partial charge in [-0.15, -0.1) is 0 Å². The normalized spacial score (nSPS) is 26.9. The molecular weight excluding hydrogens is 252 g/mol. The van der Waals surface area contributed by atoms with E-state index in [0.717, 1.165) is 23.9 Å². The van der Waals surface area contributed by atoms with Gasteiger partial charge in [-0.05, 0) is 39.8 Å². The molecule has 0 amide bonds. The van der Waals surface area contributed by atoms with Crippen molar-refractivity contribution in [1.82, 2.24) is 14.9 Å². The number of hydrogen-bond donors (Lipinski definition) is 0. The third-order valence-electron chi connectivity index (χ3n) is 4.41. The maximum atomic E-state index is 5.18. The van der Waals surface area contributed by atoms with Gasteiger partial charge in [0.15, 0.2) is 5.82 Å². The van der Waals surface area contributed by atoms with E-state index in [9.17, 15) is 0 Å². The number of hydrogen-bond acceptors (Lipinski definition) is 5. The molecule has 3 heterocycles. The summed E-state index contributed by atoms with van der Waals surface area (Å²) in [6.45, 7) is 4.85. The minimum Gasteiger partial charge on any atom is -0.377 e. The maximum absolute atomic E-state index is 5.18. The van der Waals surface area contributed by atoms with E-state index in [4.69, 9.17) is 9.72 Å². The van der Waals surface area contributed by atoms with Crippen LogP contribution in [0, 0.1) is 6.92 Å². The third-order valence-corrected chi connectivity index (χ3v) is 4.41. The molecule has 2 aliphatic rings. The fourth-order valence-corrected chi connectivity index (χ4v) is 3.56. The molecule has 2 saturated heterocycles. The van der Waals surface area contributed by atoms with Crippen LogP contribution in [0.4, 0.5) is 5.82 Å². The van der Waals surface area contributed by atoms with Crippen molar-refractivity contribution in [3.63, 3.8) is 0 Å². The monoisotopic (exact) mass is 276 g/mol. The van der Waals surface area contributed by atoms with Crippen LogP contribution in [0.1, 0.15) is 30.8 Å². The second-order valence-electron chi connectivity index (χ2n) is 6.06. The highest BCUT2D eigenvalue weighted by molar-refractivity contribution is 5.44. The van der Waals surface area contributed by atoms with Crippen molar-refractivity contribution in [2.24, 2.45) is 0 Å². The molecule has 2 bridgehead atoms. The minimum absolute atomic E-state index is 0.484. The van der Waals surface area contributed by atoms with E-state index in [-0.39, 0.29) is 0 Å². The van der Waals surface area contributed by atoms with Crippen LogP contribution in [0.2, 0.25) is 0 Å². The van der Waals surface area contributed by atoms with E-state index in [1.807, 2.05) is 6.92 Å². The number of methoxy groups -OCH3 is 1. The van der Waals surface area contributed by atoms with Crippen molar-refractivity contribution in [3.8, 4) is 0 Å². The second kappa shape index (κ2) is 5.66. The topological polar surface area (TPSA) is 41.5 Å². The Balaban J connectivity index is 1.91. The molecule has 2 atom stereocenters. The molecule has 0 aromatic carbocycles. The van der Waals surface area contributed by atoms with Crippen molar-refractivity contribution < 1.29 is 4.74 Å². The zero-order valence-corrected chi connectivity index (χ0v) is 12.7. The molecule has 1 unspecified atom stereocenters. The van der Waals surface area contributed by atoms with E-state index >= 15 is 0 Å². The number of likely N-dealkylation sites (N-methyl/N-ethyl adjacent to an activating group) is 1. The van der Waals surface area contributed by atoms with Crippen molar-refractivity contribution >= 4 is 5.82 Å². The smallest absolute Gasteiger partial charge is 0.156 e. The molecule has 1 aromatic heterocycles. The number of fused-ring (bicyclic) bond motifs is 2. The molecule has 0 radical (unpaired) electrons. The van der Waals surface area contributed by atoms with Crippen molar-refractivity contribution in [2.75, 3.05) is 32.1 Å². The Hall–Kier alpha value is -1.20. The number of nitrogens with zero attached hydrogens (tertiary/aromatic N) is 4. The molecule has 5 heteroatoms. The molecule has 0 saturated carbocycles. The van der Waals surface area contributed by atoms with Gasteiger partial charge in [-0.2, -0.15) is 0 Å². The highest BCUT2D eigenvalue weighted by atomic mass is 16.5. The number of aryl methyl sites for hydroxylation is 1. The second-order valence-corrected chi connectivity index (χ2v) is 6.06. The lowest BCUT2D eigenvalue weighted by molar-refractivity contribution is 0.177. The third kappa shape index (κ3) is 2.65. The summed E-state index contributed by atoms with van der Waals surface area (Å²) in [5, 5.41) is 0. The van der Waals surface area contributed by atoms with Crippen LogP contribution in [0.25, 0.3) is 0 Å². The Morgan fingerprint density at radius 3 is 2.85 bits per heavy atom. The summed E-state index contributed by atoms with van der Waals surface area (Å²) in [5.41, 5.74) is 1.03. The lowest BCUT2D eigenvalue weighted by Gasteiger charge is -2.30. The Kier molecular flexibility index (Phi) is 3.89. The average molecular weight is 276 g/mol. The Morgan fingerprint density at radius 1 is 1.25 bits per heavy atom. The Labute approximate surface area is 121 Å². The van der Waals surface area contributed by atoms with Gasteiger partial charge in [-0.3, -0.25) is 0 Å². The summed E-state index contributed by atoms with van der Waals surface area (Å²) in [7, 11) is 3.91. The fourth-order valence-electron chi connectivity index (χ4n) is 3.56. The maximum Gasteiger partial charge on any atom is 0.156 e. The van der Waals surface area contributed by atoms with Gasteiger partial charge in [0.1, 0.15) is 12.4 Å². The van der Waals surface area contributed by atoms with E-state index in [1.165, 1.54) is 25.8 Å². The number of rotatable bonds is 3. The molecule has 2 fully saturated rings. The van der Waals surface area contributed by atoms with Crippen LogP contribution in [0.15, 0.2) is 6.07 Å². The molecule has 110 valence electrons. The molecule has 3 rings (SSSR count). The molecule has 0 N–H and O–H groups in total. The lowest BCUT2D eigenvalue weighted by Crippen LogP contribution is -2.39. The summed E-state index contributed by atoms with van der Waals surface area (Å²) >= 11 is 0. The van der Waals surface area contributed by atoms with Gasteiger partial charge in [0.25, 0.3) is 0 Å². The van der Waals surface area contributed by atoms with Gasteiger partial charge >= 0.3 is 0 Å². The zero-order valence-electron chi connectivity index (χ0n) is 12.7. The van der Waals surface area contributed by atoms with Gasteiger partial charge in [-0.1, -0.05) is 0 Å². The summed E-state index contributed by atoms with van der Waals surface area (Å²) in [6, 6.07) is 3.35. The van der Waals surface area contributed by atoms with E-state index in [2.05, 4.69) is 27.9 Å². The minimum atomic E-state index is 0.484. The van der Waals surface area contributed by atoms with Crippen molar-refractivity contribution in [1.29, 1.82) is 0 Å². The van der Waals surface area contributed by atoms with Crippen LogP contribution >= 0.6 is 0 Å². The highest BCUT2D eigenvalue weighted by Crippen LogP contribution is 2.33. The van der Waals surface area contributed by atoms with Gasteiger partial charge in [0.05, 0.1) is 0 Å². The SMILES string of the molecule is COCc1nc(C)cc(N2C3CC[C@@H]2CN(C)CC3)n1. The summed E-state index contributed by atoms with van der Waals surface area (Å²) in [6.07, 6.45) is 3.80. The van der Waals surface area contributed by atoms with Crippen LogP contribution in [0.5, 0.6) is 0 Å². The van der Waals surface area contributed by atoms with Crippen LogP contribution < -0.4 is 4.90 Å². The first-order valence-corrected chi connectivity index (χ1v) is 7.47. The Morgan fingerprint density at radius 2 is 2.05 bits per heavy atom. The molecule has 0 aliphatic carbocycles. The first-order chi connectivity index (χ1) is 9.67. The molecular formula is C15H24N4O. The first-order valence-electron chi connectivity index (χ1n) is 7.47. The van der Waals surface area contributed by atoms with Crippen molar-refractivity contribution in [3.05, 3.63) is 17.6 Å². The van der Waals surface area contributed by atoms with E-state index < -0.39 is 0 Å². The number of aromatic nitrogens is 2. The van der Waals surface area contributed by atoms with Crippen molar-refractivity contribution in [2.45, 2.75) is 44.9 Å². The molecule has 2 aliphatic heterocycles. The first kappa shape index (κ1) is 13.8. The molecule has 5 nitrogen and oxygen atoms in total. The van der Waals surface area contributed by atoms with Gasteiger partial charge in [0.2, 0.25) is 0 Å². The van der Waals surface area contributed by atoms with Crippen LogP contribution in [0.3, 0.4) is 0 Å².